The Morgan fingerprint density at radius 1 is 1.16 bits per heavy atom. The van der Waals surface area contributed by atoms with Gasteiger partial charge in [0.1, 0.15) is 24.0 Å². The summed E-state index contributed by atoms with van der Waals surface area (Å²) in [4.78, 5) is 18.1. The van der Waals surface area contributed by atoms with Gasteiger partial charge in [-0.2, -0.15) is 10.2 Å². The van der Waals surface area contributed by atoms with Gasteiger partial charge in [0.15, 0.2) is 11.6 Å². The summed E-state index contributed by atoms with van der Waals surface area (Å²) >= 11 is 0. The molecule has 0 unspecified atom stereocenters. The number of halogens is 2. The third kappa shape index (κ3) is 4.48. The number of nitriles is 1. The molecular weight excluding hydrogens is 406 g/mol. The number of ether oxygens (including phenoxy) is 2. The van der Waals surface area contributed by atoms with Crippen LogP contribution in [0.1, 0.15) is 17.5 Å². The van der Waals surface area contributed by atoms with Gasteiger partial charge in [-0.05, 0) is 36.2 Å². The summed E-state index contributed by atoms with van der Waals surface area (Å²) in [6, 6.07) is 11.1. The van der Waals surface area contributed by atoms with Gasteiger partial charge in [-0.25, -0.2) is 13.6 Å². The molecule has 2 heterocycles. The van der Waals surface area contributed by atoms with Gasteiger partial charge >= 0.3 is 5.69 Å². The van der Waals surface area contributed by atoms with E-state index in [-0.39, 0.29) is 35.2 Å². The fourth-order valence-electron chi connectivity index (χ4n) is 3.34. The monoisotopic (exact) mass is 424 g/mol. The Bertz CT molecular complexity index is 1240. The van der Waals surface area contributed by atoms with E-state index in [1.54, 1.807) is 16.7 Å². The van der Waals surface area contributed by atoms with Crippen molar-refractivity contribution < 1.29 is 18.3 Å². The van der Waals surface area contributed by atoms with Crippen molar-refractivity contribution in [1.29, 1.82) is 5.26 Å². The van der Waals surface area contributed by atoms with E-state index in [1.165, 1.54) is 18.2 Å². The zero-order chi connectivity index (χ0) is 22.0. The van der Waals surface area contributed by atoms with Crippen molar-refractivity contribution in [3.63, 3.8) is 0 Å². The summed E-state index contributed by atoms with van der Waals surface area (Å²) in [6.07, 6.45) is 0.867. The maximum absolute atomic E-state index is 14.5. The molecule has 1 aliphatic heterocycles. The maximum Gasteiger partial charge on any atom is 0.352 e. The largest absolute Gasteiger partial charge is 0.473 e. The molecule has 0 aliphatic carbocycles. The normalized spacial score (nSPS) is 12.8. The first-order chi connectivity index (χ1) is 14.9. The molecule has 0 N–H and O–H groups in total. The molecule has 0 saturated carbocycles. The number of benzene rings is 2. The molecule has 0 amide bonds. The Balaban J connectivity index is 1.48. The van der Waals surface area contributed by atoms with E-state index in [9.17, 15) is 13.6 Å². The average Bonchev–Trinajstić information content (AvgIpc) is 2.74. The number of rotatable bonds is 5. The SMILES string of the molecule is CN1CCCn2c1cc(OCc1ccc(Oc3cc(F)cc(C#N)c3)c(F)c1)nc2=O. The Hall–Kier alpha value is -3.93. The molecule has 2 aromatic carbocycles. The van der Waals surface area contributed by atoms with Gasteiger partial charge in [0.25, 0.3) is 0 Å². The van der Waals surface area contributed by atoms with Gasteiger partial charge in [-0.15, -0.1) is 0 Å². The van der Waals surface area contributed by atoms with Crippen LogP contribution in [-0.2, 0) is 13.2 Å². The van der Waals surface area contributed by atoms with Crippen molar-refractivity contribution in [3.8, 4) is 23.4 Å². The summed E-state index contributed by atoms with van der Waals surface area (Å²) < 4.78 is 40.6. The molecule has 0 spiro atoms. The molecule has 31 heavy (non-hydrogen) atoms. The molecule has 7 nitrogen and oxygen atoms in total. The molecule has 0 radical (unpaired) electrons. The minimum atomic E-state index is -0.679. The highest BCUT2D eigenvalue weighted by Gasteiger charge is 2.17. The van der Waals surface area contributed by atoms with Gasteiger partial charge < -0.3 is 14.4 Å². The number of anilines is 1. The lowest BCUT2D eigenvalue weighted by molar-refractivity contribution is 0.289. The molecule has 1 aliphatic rings. The summed E-state index contributed by atoms with van der Waals surface area (Å²) in [6.45, 7) is 1.44. The second-order valence-corrected chi connectivity index (χ2v) is 7.10. The standard InChI is InChI=1S/C22H18F2N4O3/c1-27-5-2-6-28-21(27)11-20(26-22(28)29)30-13-14-3-4-19(18(24)9-14)31-17-8-15(12-25)7-16(23)10-17/h3-4,7-11H,2,5-6,13H2,1H3. The summed E-state index contributed by atoms with van der Waals surface area (Å²) in [5, 5.41) is 8.90. The van der Waals surface area contributed by atoms with Crippen LogP contribution in [0.3, 0.4) is 0 Å². The van der Waals surface area contributed by atoms with Gasteiger partial charge in [-0.3, -0.25) is 4.57 Å². The van der Waals surface area contributed by atoms with Crippen molar-refractivity contribution >= 4 is 5.82 Å². The first-order valence-corrected chi connectivity index (χ1v) is 9.56. The van der Waals surface area contributed by atoms with E-state index in [4.69, 9.17) is 14.7 Å². The molecule has 3 aromatic rings. The van der Waals surface area contributed by atoms with Crippen LogP contribution in [0.15, 0.2) is 47.3 Å². The van der Waals surface area contributed by atoms with E-state index in [1.807, 2.05) is 18.0 Å². The fourth-order valence-corrected chi connectivity index (χ4v) is 3.34. The number of nitrogens with zero attached hydrogens (tertiary/aromatic N) is 4. The second-order valence-electron chi connectivity index (χ2n) is 7.10. The van der Waals surface area contributed by atoms with E-state index < -0.39 is 11.6 Å². The molecule has 0 bridgehead atoms. The van der Waals surface area contributed by atoms with Gasteiger partial charge in [0.05, 0.1) is 11.6 Å². The molecule has 1 aromatic heterocycles. The van der Waals surface area contributed by atoms with E-state index in [0.29, 0.717) is 12.1 Å². The van der Waals surface area contributed by atoms with Gasteiger partial charge in [0.2, 0.25) is 5.88 Å². The third-order valence-corrected chi connectivity index (χ3v) is 4.84. The molecular formula is C22H18F2N4O3. The molecule has 0 fully saturated rings. The molecule has 9 heteroatoms. The summed E-state index contributed by atoms with van der Waals surface area (Å²) in [5.41, 5.74) is 0.176. The Kier molecular flexibility index (Phi) is 5.54. The van der Waals surface area contributed by atoms with Crippen LogP contribution in [0.2, 0.25) is 0 Å². The van der Waals surface area contributed by atoms with Crippen molar-refractivity contribution in [1.82, 2.24) is 9.55 Å². The van der Waals surface area contributed by atoms with Crippen molar-refractivity contribution in [2.45, 2.75) is 19.6 Å². The lowest BCUT2D eigenvalue weighted by Crippen LogP contribution is -2.36. The van der Waals surface area contributed by atoms with Crippen LogP contribution in [0.5, 0.6) is 17.4 Å². The van der Waals surface area contributed by atoms with Crippen LogP contribution in [0.4, 0.5) is 14.6 Å². The number of hydrogen-bond acceptors (Lipinski definition) is 6. The highest BCUT2D eigenvalue weighted by molar-refractivity contribution is 5.43. The number of aromatic nitrogens is 2. The number of fused-ring (bicyclic) bond motifs is 1. The van der Waals surface area contributed by atoms with Gasteiger partial charge in [-0.1, -0.05) is 6.07 Å². The molecule has 0 saturated heterocycles. The topological polar surface area (TPSA) is 80.4 Å². The molecule has 4 rings (SSSR count). The quantitative estimate of drug-likeness (QED) is 0.623. The minimum absolute atomic E-state index is 0.00461. The highest BCUT2D eigenvalue weighted by atomic mass is 19.1. The smallest absolute Gasteiger partial charge is 0.352 e. The lowest BCUT2D eigenvalue weighted by Gasteiger charge is -2.28. The van der Waals surface area contributed by atoms with E-state index in [0.717, 1.165) is 30.9 Å². The van der Waals surface area contributed by atoms with E-state index in [2.05, 4.69) is 4.98 Å². The number of hydrogen-bond donors (Lipinski definition) is 0. The van der Waals surface area contributed by atoms with Crippen molar-refractivity contribution in [3.05, 3.63) is 75.7 Å². The fraction of sp³-hybridized carbons (Fsp3) is 0.227. The Morgan fingerprint density at radius 2 is 2.00 bits per heavy atom. The zero-order valence-corrected chi connectivity index (χ0v) is 16.6. The summed E-state index contributed by atoms with van der Waals surface area (Å²) in [5.74, 6) is -0.550. The highest BCUT2D eigenvalue weighted by Crippen LogP contribution is 2.27. The second kappa shape index (κ2) is 8.44. The van der Waals surface area contributed by atoms with Crippen LogP contribution >= 0.6 is 0 Å². The maximum atomic E-state index is 14.5. The van der Waals surface area contributed by atoms with Crippen molar-refractivity contribution in [2.24, 2.45) is 0 Å². The first kappa shape index (κ1) is 20.3. The first-order valence-electron chi connectivity index (χ1n) is 9.56. The average molecular weight is 424 g/mol. The molecule has 0 atom stereocenters. The van der Waals surface area contributed by atoms with E-state index >= 15 is 0 Å². The lowest BCUT2D eigenvalue weighted by atomic mass is 10.2. The van der Waals surface area contributed by atoms with Crippen molar-refractivity contribution in [2.75, 3.05) is 18.5 Å². The zero-order valence-electron chi connectivity index (χ0n) is 16.6. The van der Waals surface area contributed by atoms with Crippen LogP contribution < -0.4 is 20.1 Å². The third-order valence-electron chi connectivity index (χ3n) is 4.84. The Morgan fingerprint density at radius 3 is 2.77 bits per heavy atom. The summed E-state index contributed by atoms with van der Waals surface area (Å²) in [7, 11) is 1.89. The van der Waals surface area contributed by atoms with Crippen LogP contribution in [0, 0.1) is 23.0 Å². The van der Waals surface area contributed by atoms with Crippen LogP contribution in [-0.4, -0.2) is 23.1 Å². The predicted molar refractivity (Wildman–Crippen MR) is 108 cm³/mol. The predicted octanol–water partition coefficient (Wildman–Crippen LogP) is 3.60. The molecule has 158 valence electrons. The van der Waals surface area contributed by atoms with Crippen LogP contribution in [0.25, 0.3) is 0 Å². The minimum Gasteiger partial charge on any atom is -0.473 e. The Labute approximate surface area is 176 Å². The van der Waals surface area contributed by atoms with Gasteiger partial charge in [0, 0.05) is 32.3 Å².